The minimum absolute atomic E-state index is 0.0341. The Labute approximate surface area is 142 Å². The van der Waals surface area contributed by atoms with E-state index in [2.05, 4.69) is 4.98 Å². The predicted molar refractivity (Wildman–Crippen MR) is 93.7 cm³/mol. The average molecular weight is 325 g/mol. The fraction of sp³-hybridized carbons (Fsp3) is 0.368. The Morgan fingerprint density at radius 2 is 2.12 bits per heavy atom. The van der Waals surface area contributed by atoms with E-state index in [9.17, 15) is 4.79 Å². The van der Waals surface area contributed by atoms with Gasteiger partial charge in [0.15, 0.2) is 0 Å². The van der Waals surface area contributed by atoms with Gasteiger partial charge in [0, 0.05) is 43.4 Å². The molecule has 1 aromatic carbocycles. The lowest BCUT2D eigenvalue weighted by Gasteiger charge is -2.34. The van der Waals surface area contributed by atoms with Crippen molar-refractivity contribution in [3.05, 3.63) is 54.6 Å². The molecule has 1 fully saturated rings. The first-order valence-corrected chi connectivity index (χ1v) is 8.46. The van der Waals surface area contributed by atoms with E-state index in [4.69, 9.17) is 5.11 Å². The van der Waals surface area contributed by atoms with E-state index in [1.807, 2.05) is 46.0 Å². The number of carbonyl (C=O) groups is 1. The van der Waals surface area contributed by atoms with Crippen molar-refractivity contribution in [2.45, 2.75) is 31.7 Å². The highest BCUT2D eigenvalue weighted by atomic mass is 16.3. The van der Waals surface area contributed by atoms with E-state index in [0.717, 1.165) is 37.1 Å². The SMILES string of the molecule is O=C(/C=C/c1ccc(-n2ccnc2)cc1)N1CCCCC1CCO. The average Bonchev–Trinajstić information content (AvgIpc) is 3.15. The summed E-state index contributed by atoms with van der Waals surface area (Å²) in [5, 5.41) is 9.17. The summed E-state index contributed by atoms with van der Waals surface area (Å²) in [5.74, 6) is 0.0341. The summed E-state index contributed by atoms with van der Waals surface area (Å²) in [6.45, 7) is 0.918. The molecular weight excluding hydrogens is 302 g/mol. The Morgan fingerprint density at radius 1 is 1.29 bits per heavy atom. The second-order valence-corrected chi connectivity index (χ2v) is 6.09. The first kappa shape index (κ1) is 16.5. The number of imidazole rings is 1. The molecule has 1 atom stereocenters. The molecule has 0 bridgehead atoms. The van der Waals surface area contributed by atoms with Crippen molar-refractivity contribution in [2.24, 2.45) is 0 Å². The van der Waals surface area contributed by atoms with E-state index < -0.39 is 0 Å². The van der Waals surface area contributed by atoms with Crippen molar-refractivity contribution >= 4 is 12.0 Å². The van der Waals surface area contributed by atoms with Gasteiger partial charge in [-0.15, -0.1) is 0 Å². The Bertz CT molecular complexity index is 675. The summed E-state index contributed by atoms with van der Waals surface area (Å²) in [6.07, 6.45) is 12.7. The summed E-state index contributed by atoms with van der Waals surface area (Å²) < 4.78 is 1.94. The van der Waals surface area contributed by atoms with Gasteiger partial charge in [-0.1, -0.05) is 12.1 Å². The molecule has 1 aliphatic rings. The van der Waals surface area contributed by atoms with Crippen LogP contribution in [-0.2, 0) is 4.79 Å². The molecule has 2 aromatic rings. The van der Waals surface area contributed by atoms with Crippen LogP contribution in [-0.4, -0.2) is 44.7 Å². The zero-order valence-electron chi connectivity index (χ0n) is 13.7. The van der Waals surface area contributed by atoms with Crippen molar-refractivity contribution in [1.82, 2.24) is 14.5 Å². The van der Waals surface area contributed by atoms with Gasteiger partial charge in [0.1, 0.15) is 0 Å². The summed E-state index contributed by atoms with van der Waals surface area (Å²) in [4.78, 5) is 18.4. The van der Waals surface area contributed by atoms with Crippen molar-refractivity contribution < 1.29 is 9.90 Å². The van der Waals surface area contributed by atoms with Crippen molar-refractivity contribution in [1.29, 1.82) is 0 Å². The highest BCUT2D eigenvalue weighted by Gasteiger charge is 2.24. The maximum absolute atomic E-state index is 12.5. The van der Waals surface area contributed by atoms with Crippen molar-refractivity contribution in [3.63, 3.8) is 0 Å². The zero-order chi connectivity index (χ0) is 16.8. The van der Waals surface area contributed by atoms with Gasteiger partial charge in [-0.3, -0.25) is 4.79 Å². The molecule has 0 saturated carbocycles. The van der Waals surface area contributed by atoms with Crippen LogP contribution in [0.15, 0.2) is 49.1 Å². The summed E-state index contributed by atoms with van der Waals surface area (Å²) in [6, 6.07) is 8.15. The van der Waals surface area contributed by atoms with Crippen LogP contribution in [0.5, 0.6) is 0 Å². The van der Waals surface area contributed by atoms with Gasteiger partial charge >= 0.3 is 0 Å². The van der Waals surface area contributed by atoms with Crippen molar-refractivity contribution in [3.8, 4) is 5.69 Å². The molecule has 3 rings (SSSR count). The number of rotatable bonds is 5. The van der Waals surface area contributed by atoms with Gasteiger partial charge in [-0.05, 0) is 49.5 Å². The largest absolute Gasteiger partial charge is 0.396 e. The Balaban J connectivity index is 1.65. The number of aliphatic hydroxyl groups is 1. The Morgan fingerprint density at radius 3 is 2.83 bits per heavy atom. The third kappa shape index (κ3) is 3.92. The lowest BCUT2D eigenvalue weighted by molar-refractivity contribution is -0.129. The molecule has 1 N–H and O–H groups in total. The monoisotopic (exact) mass is 325 g/mol. The van der Waals surface area contributed by atoms with Crippen LogP contribution < -0.4 is 0 Å². The van der Waals surface area contributed by atoms with Crippen molar-refractivity contribution in [2.75, 3.05) is 13.2 Å². The zero-order valence-corrected chi connectivity index (χ0v) is 13.7. The highest BCUT2D eigenvalue weighted by Crippen LogP contribution is 2.20. The van der Waals surface area contributed by atoms with Gasteiger partial charge in [-0.2, -0.15) is 0 Å². The fourth-order valence-corrected chi connectivity index (χ4v) is 3.17. The molecule has 1 aliphatic heterocycles. The van der Waals surface area contributed by atoms with Gasteiger partial charge < -0.3 is 14.6 Å². The number of piperidine rings is 1. The van der Waals surface area contributed by atoms with Gasteiger partial charge in [0.2, 0.25) is 5.91 Å². The summed E-state index contributed by atoms with van der Waals surface area (Å²) in [5.41, 5.74) is 2.03. The number of carbonyl (C=O) groups excluding carboxylic acids is 1. The fourth-order valence-electron chi connectivity index (χ4n) is 3.17. The summed E-state index contributed by atoms with van der Waals surface area (Å²) >= 11 is 0. The molecule has 5 heteroatoms. The molecule has 2 heterocycles. The maximum atomic E-state index is 12.5. The molecule has 0 radical (unpaired) electrons. The van der Waals surface area contributed by atoms with E-state index in [1.165, 1.54) is 0 Å². The third-order valence-electron chi connectivity index (χ3n) is 4.49. The standard InChI is InChI=1S/C19H23N3O2/c23-14-10-18-3-1-2-12-22(18)19(24)9-6-16-4-7-17(8-5-16)21-13-11-20-15-21/h4-9,11,13,15,18,23H,1-3,10,12,14H2/b9-6+. The first-order chi connectivity index (χ1) is 11.8. The van der Waals surface area contributed by atoms with Crippen LogP contribution >= 0.6 is 0 Å². The molecule has 0 aliphatic carbocycles. The highest BCUT2D eigenvalue weighted by molar-refractivity contribution is 5.92. The van der Waals surface area contributed by atoms with Crippen LogP contribution in [0.1, 0.15) is 31.2 Å². The Hall–Kier alpha value is -2.40. The molecule has 1 amide bonds. The number of likely N-dealkylation sites (tertiary alicyclic amines) is 1. The van der Waals surface area contributed by atoms with E-state index >= 15 is 0 Å². The summed E-state index contributed by atoms with van der Waals surface area (Å²) in [7, 11) is 0. The second kappa shape index (κ2) is 7.93. The number of amides is 1. The van der Waals surface area contributed by atoms with Gasteiger partial charge in [0.05, 0.1) is 6.33 Å². The number of aliphatic hydroxyl groups excluding tert-OH is 1. The molecule has 1 unspecified atom stereocenters. The lowest BCUT2D eigenvalue weighted by atomic mass is 9.99. The number of nitrogens with zero attached hydrogens (tertiary/aromatic N) is 3. The first-order valence-electron chi connectivity index (χ1n) is 8.46. The smallest absolute Gasteiger partial charge is 0.246 e. The Kier molecular flexibility index (Phi) is 5.43. The van der Waals surface area contributed by atoms with Crippen LogP contribution in [0, 0.1) is 0 Å². The number of benzene rings is 1. The normalized spacial score (nSPS) is 18.2. The minimum atomic E-state index is 0.0341. The predicted octanol–water partition coefficient (Wildman–Crippen LogP) is 2.65. The lowest BCUT2D eigenvalue weighted by Crippen LogP contribution is -2.43. The second-order valence-electron chi connectivity index (χ2n) is 6.09. The third-order valence-corrected chi connectivity index (χ3v) is 4.49. The molecule has 1 saturated heterocycles. The molecular formula is C19H23N3O2. The minimum Gasteiger partial charge on any atom is -0.396 e. The molecule has 1 aromatic heterocycles. The van der Waals surface area contributed by atoms with Gasteiger partial charge in [0.25, 0.3) is 0 Å². The van der Waals surface area contributed by atoms with Crippen LogP contribution in [0.3, 0.4) is 0 Å². The van der Waals surface area contributed by atoms with E-state index in [-0.39, 0.29) is 18.6 Å². The van der Waals surface area contributed by atoms with E-state index in [1.54, 1.807) is 18.6 Å². The molecule has 0 spiro atoms. The van der Waals surface area contributed by atoms with Crippen LogP contribution in [0.4, 0.5) is 0 Å². The number of hydrogen-bond acceptors (Lipinski definition) is 3. The van der Waals surface area contributed by atoms with Gasteiger partial charge in [-0.25, -0.2) is 4.98 Å². The van der Waals surface area contributed by atoms with Crippen LogP contribution in [0.25, 0.3) is 11.8 Å². The van der Waals surface area contributed by atoms with Crippen LogP contribution in [0.2, 0.25) is 0 Å². The molecule has 126 valence electrons. The topological polar surface area (TPSA) is 58.4 Å². The molecule has 5 nitrogen and oxygen atoms in total. The quantitative estimate of drug-likeness (QED) is 0.860. The number of hydrogen-bond donors (Lipinski definition) is 1. The van der Waals surface area contributed by atoms with E-state index in [0.29, 0.717) is 6.42 Å². The maximum Gasteiger partial charge on any atom is 0.246 e. The molecule has 24 heavy (non-hydrogen) atoms. The number of aromatic nitrogens is 2.